The van der Waals surface area contributed by atoms with Crippen LogP contribution in [-0.4, -0.2) is 48.2 Å². The Balaban J connectivity index is 2.78. The molecule has 0 spiro atoms. The Hall–Kier alpha value is -2.21. The summed E-state index contributed by atoms with van der Waals surface area (Å²) in [6.07, 6.45) is 2.17. The first-order chi connectivity index (χ1) is 10.8. The number of aliphatic hydroxyl groups is 1. The van der Waals surface area contributed by atoms with E-state index in [4.69, 9.17) is 0 Å². The number of ether oxygens (including phenoxy) is 1. The smallest absolute Gasteiger partial charge is 0.310 e. The molecule has 0 fully saturated rings. The number of benzene rings is 1. The molecule has 126 valence electrons. The highest BCUT2D eigenvalue weighted by atomic mass is 19.1. The van der Waals surface area contributed by atoms with E-state index >= 15 is 0 Å². The third-order valence-electron chi connectivity index (χ3n) is 3.18. The molecule has 0 saturated carbocycles. The highest BCUT2D eigenvalue weighted by Gasteiger charge is 2.21. The topological polar surface area (TPSA) is 66.8 Å². The maximum absolute atomic E-state index is 12.8. The number of aliphatic hydroxyl groups excluding tert-OH is 1. The van der Waals surface area contributed by atoms with Gasteiger partial charge >= 0.3 is 5.97 Å². The van der Waals surface area contributed by atoms with Gasteiger partial charge in [0, 0.05) is 19.2 Å². The summed E-state index contributed by atoms with van der Waals surface area (Å²) >= 11 is 0. The Morgan fingerprint density at radius 1 is 1.26 bits per heavy atom. The van der Waals surface area contributed by atoms with Gasteiger partial charge < -0.3 is 14.7 Å². The van der Waals surface area contributed by atoms with Gasteiger partial charge in [-0.15, -0.1) is 0 Å². The van der Waals surface area contributed by atoms with Crippen LogP contribution < -0.4 is 0 Å². The molecular weight excluding hydrogens is 301 g/mol. The Bertz CT molecular complexity index is 554. The van der Waals surface area contributed by atoms with Crippen molar-refractivity contribution in [1.29, 1.82) is 0 Å². The van der Waals surface area contributed by atoms with Gasteiger partial charge in [0.15, 0.2) is 0 Å². The molecule has 1 amide bonds. The van der Waals surface area contributed by atoms with Crippen molar-refractivity contribution in [2.45, 2.75) is 20.0 Å². The van der Waals surface area contributed by atoms with E-state index in [2.05, 4.69) is 4.74 Å². The molecule has 0 aromatic heterocycles. The van der Waals surface area contributed by atoms with Crippen molar-refractivity contribution in [3.8, 4) is 0 Å². The molecule has 1 aromatic rings. The van der Waals surface area contributed by atoms with Crippen molar-refractivity contribution in [3.05, 3.63) is 41.7 Å². The van der Waals surface area contributed by atoms with Crippen LogP contribution in [0.3, 0.4) is 0 Å². The molecule has 1 rings (SSSR count). The number of hydrogen-bond donors (Lipinski definition) is 1. The Morgan fingerprint density at radius 2 is 1.87 bits per heavy atom. The molecule has 0 aliphatic heterocycles. The van der Waals surface area contributed by atoms with Crippen LogP contribution in [-0.2, 0) is 14.3 Å². The lowest BCUT2D eigenvalue weighted by molar-refractivity contribution is -0.146. The van der Waals surface area contributed by atoms with Crippen LogP contribution in [0.5, 0.6) is 0 Å². The van der Waals surface area contributed by atoms with Crippen molar-refractivity contribution in [3.63, 3.8) is 0 Å². The van der Waals surface area contributed by atoms with Gasteiger partial charge in [0.1, 0.15) is 5.82 Å². The number of carbonyl (C=O) groups excluding carboxylic acids is 2. The fourth-order valence-electron chi connectivity index (χ4n) is 2.03. The number of esters is 1. The quantitative estimate of drug-likeness (QED) is 0.614. The number of carbonyl (C=O) groups is 2. The van der Waals surface area contributed by atoms with Crippen molar-refractivity contribution in [2.75, 3.05) is 20.2 Å². The molecule has 0 heterocycles. The summed E-state index contributed by atoms with van der Waals surface area (Å²) in [5, 5.41) is 9.52. The molecule has 1 N–H and O–H groups in total. The zero-order valence-electron chi connectivity index (χ0n) is 13.5. The minimum Gasteiger partial charge on any atom is -0.469 e. The van der Waals surface area contributed by atoms with E-state index in [0.29, 0.717) is 5.56 Å². The number of hydrogen-bond acceptors (Lipinski definition) is 4. The third-order valence-corrected chi connectivity index (χ3v) is 3.18. The van der Waals surface area contributed by atoms with Crippen LogP contribution >= 0.6 is 0 Å². The van der Waals surface area contributed by atoms with E-state index < -0.39 is 18.0 Å². The second-order valence-corrected chi connectivity index (χ2v) is 5.40. The molecule has 0 aliphatic carbocycles. The molecule has 1 aromatic carbocycles. The Morgan fingerprint density at radius 3 is 2.39 bits per heavy atom. The fraction of sp³-hybridized carbons (Fsp3) is 0.412. The number of halogens is 1. The van der Waals surface area contributed by atoms with Crippen LogP contribution in [0, 0.1) is 11.7 Å². The van der Waals surface area contributed by atoms with E-state index in [0.717, 1.165) is 0 Å². The van der Waals surface area contributed by atoms with E-state index in [1.165, 1.54) is 30.2 Å². The normalized spacial score (nSPS) is 13.6. The van der Waals surface area contributed by atoms with Gasteiger partial charge in [-0.2, -0.15) is 0 Å². The summed E-state index contributed by atoms with van der Waals surface area (Å²) in [5.74, 6) is -1.61. The maximum Gasteiger partial charge on any atom is 0.310 e. The number of amides is 1. The molecule has 6 heteroatoms. The van der Waals surface area contributed by atoms with Crippen LogP contribution in [0.15, 0.2) is 30.3 Å². The van der Waals surface area contributed by atoms with Gasteiger partial charge in [-0.05, 0) is 30.7 Å². The van der Waals surface area contributed by atoms with Crippen molar-refractivity contribution >= 4 is 18.0 Å². The largest absolute Gasteiger partial charge is 0.469 e. The average molecular weight is 323 g/mol. The second-order valence-electron chi connectivity index (χ2n) is 5.40. The van der Waals surface area contributed by atoms with Gasteiger partial charge in [-0.25, -0.2) is 4.39 Å². The van der Waals surface area contributed by atoms with E-state index in [9.17, 15) is 19.1 Å². The average Bonchev–Trinajstić information content (AvgIpc) is 2.52. The molecular formula is C17H22FNO4. The maximum atomic E-state index is 12.8. The van der Waals surface area contributed by atoms with Crippen LogP contribution in [0.25, 0.3) is 6.08 Å². The summed E-state index contributed by atoms with van der Waals surface area (Å²) in [6.45, 7) is 3.46. The Labute approximate surface area is 135 Å². The molecule has 0 aliphatic rings. The van der Waals surface area contributed by atoms with Gasteiger partial charge in [0.25, 0.3) is 0 Å². The van der Waals surface area contributed by atoms with Gasteiger partial charge in [0.2, 0.25) is 5.91 Å². The first kappa shape index (κ1) is 18.8. The van der Waals surface area contributed by atoms with Gasteiger partial charge in [-0.3, -0.25) is 9.59 Å². The Kier molecular flexibility index (Phi) is 7.41. The lowest BCUT2D eigenvalue weighted by atomic mass is 10.1. The van der Waals surface area contributed by atoms with Crippen molar-refractivity contribution < 1.29 is 23.8 Å². The van der Waals surface area contributed by atoms with Crippen LogP contribution in [0.1, 0.15) is 19.4 Å². The molecule has 5 nitrogen and oxygen atoms in total. The summed E-state index contributed by atoms with van der Waals surface area (Å²) in [6, 6.07) is 5.71. The minimum atomic E-state index is -0.719. The van der Waals surface area contributed by atoms with Gasteiger partial charge in [-0.1, -0.05) is 19.1 Å². The highest BCUT2D eigenvalue weighted by molar-refractivity contribution is 5.92. The van der Waals surface area contributed by atoms with Crippen LogP contribution in [0.2, 0.25) is 0 Å². The summed E-state index contributed by atoms with van der Waals surface area (Å²) in [4.78, 5) is 25.1. The predicted molar refractivity (Wildman–Crippen MR) is 84.9 cm³/mol. The molecule has 0 bridgehead atoms. The van der Waals surface area contributed by atoms with E-state index in [-0.39, 0.29) is 24.8 Å². The first-order valence-electron chi connectivity index (χ1n) is 7.32. The molecule has 0 radical (unpaired) electrons. The molecule has 23 heavy (non-hydrogen) atoms. The van der Waals surface area contributed by atoms with Crippen molar-refractivity contribution in [2.24, 2.45) is 5.92 Å². The molecule has 2 unspecified atom stereocenters. The molecule has 0 saturated heterocycles. The molecule has 2 atom stereocenters. The summed E-state index contributed by atoms with van der Waals surface area (Å²) < 4.78 is 17.5. The lowest BCUT2D eigenvalue weighted by Crippen LogP contribution is -2.40. The second kappa shape index (κ2) is 9.05. The minimum absolute atomic E-state index is 0.105. The predicted octanol–water partition coefficient (Wildman–Crippen LogP) is 1.86. The van der Waals surface area contributed by atoms with E-state index in [1.54, 1.807) is 32.1 Å². The van der Waals surface area contributed by atoms with E-state index in [1.807, 2.05) is 0 Å². The number of rotatable bonds is 7. The zero-order valence-corrected chi connectivity index (χ0v) is 13.5. The van der Waals surface area contributed by atoms with Crippen LogP contribution in [0.4, 0.5) is 4.39 Å². The standard InChI is InChI=1S/C17H22FNO4/c1-12(17(22)23-3)10-19(11-13(2)20)16(21)9-6-14-4-7-15(18)8-5-14/h4-9,12-13,20H,10-11H2,1-3H3/b9-6+. The first-order valence-corrected chi connectivity index (χ1v) is 7.32. The highest BCUT2D eigenvalue weighted by Crippen LogP contribution is 2.08. The summed E-state index contributed by atoms with van der Waals surface area (Å²) in [7, 11) is 1.29. The SMILES string of the molecule is COC(=O)C(C)CN(CC(C)O)C(=O)/C=C/c1ccc(F)cc1. The third kappa shape index (κ3) is 6.61. The van der Waals surface area contributed by atoms with Gasteiger partial charge in [0.05, 0.1) is 19.1 Å². The fourth-order valence-corrected chi connectivity index (χ4v) is 2.03. The van der Waals surface area contributed by atoms with Crippen molar-refractivity contribution in [1.82, 2.24) is 4.90 Å². The lowest BCUT2D eigenvalue weighted by Gasteiger charge is -2.25. The number of nitrogens with zero attached hydrogens (tertiary/aromatic N) is 1. The zero-order chi connectivity index (χ0) is 17.4. The monoisotopic (exact) mass is 323 g/mol. The number of methoxy groups -OCH3 is 1. The summed E-state index contributed by atoms with van der Waals surface area (Å²) in [5.41, 5.74) is 0.678.